The molecule has 4 rings (SSSR count). The summed E-state index contributed by atoms with van der Waals surface area (Å²) in [5, 5.41) is 10.3. The van der Waals surface area contributed by atoms with Gasteiger partial charge in [0.1, 0.15) is 17.2 Å². The van der Waals surface area contributed by atoms with Crippen molar-refractivity contribution in [1.29, 1.82) is 0 Å². The van der Waals surface area contributed by atoms with Gasteiger partial charge in [0, 0.05) is 23.1 Å². The molecule has 0 atom stereocenters. The molecular formula is C23H16F4N2O7S. The number of ether oxygens (including phenoxy) is 3. The fourth-order valence-corrected chi connectivity index (χ4v) is 4.43. The van der Waals surface area contributed by atoms with Crippen molar-refractivity contribution in [2.24, 2.45) is 0 Å². The number of halogens is 4. The number of carboxylic acids is 1. The number of carbonyl (C=O) groups is 1. The van der Waals surface area contributed by atoms with E-state index in [0.717, 1.165) is 30.3 Å². The monoisotopic (exact) mass is 540 g/mol. The molecule has 2 aromatic carbocycles. The smallest absolute Gasteiger partial charge is 0.416 e. The van der Waals surface area contributed by atoms with Crippen molar-refractivity contribution in [1.82, 2.24) is 9.55 Å². The van der Waals surface area contributed by atoms with E-state index in [1.807, 2.05) is 0 Å². The van der Waals surface area contributed by atoms with Crippen molar-refractivity contribution < 1.29 is 41.7 Å². The SMILES string of the molecule is COc1ccc(C(F)(F)F)cc1COc1cc(-n2c(=O)[nH]c3csc(C(=O)O)c3c2=O)c(F)cc1OC. The zero-order valence-corrected chi connectivity index (χ0v) is 19.8. The molecule has 0 saturated carbocycles. The highest BCUT2D eigenvalue weighted by atomic mass is 32.1. The third kappa shape index (κ3) is 4.74. The lowest BCUT2D eigenvalue weighted by Crippen LogP contribution is -2.34. The number of aromatic amines is 1. The van der Waals surface area contributed by atoms with Crippen LogP contribution in [-0.2, 0) is 12.8 Å². The van der Waals surface area contributed by atoms with Crippen LogP contribution in [0, 0.1) is 5.82 Å². The zero-order chi connectivity index (χ0) is 27.1. The minimum atomic E-state index is -4.63. The second kappa shape index (κ2) is 9.61. The summed E-state index contributed by atoms with van der Waals surface area (Å²) >= 11 is 0.710. The zero-order valence-electron chi connectivity index (χ0n) is 18.9. The van der Waals surface area contributed by atoms with Crippen molar-refractivity contribution >= 4 is 28.2 Å². The molecule has 0 amide bonds. The molecule has 2 N–H and O–H groups in total. The van der Waals surface area contributed by atoms with E-state index < -0.39 is 47.1 Å². The van der Waals surface area contributed by atoms with Gasteiger partial charge in [-0.2, -0.15) is 13.2 Å². The standard InChI is InChI=1S/C23H16F4N2O7S/c1-34-15-4-3-11(23(25,26)27)5-10(15)8-36-17-7-14(12(24)6-16(17)35-2)29-20(30)18-13(28-22(29)33)9-37-19(18)21(31)32/h3-7,9H,8H2,1-2H3,(H,28,33)(H,31,32). The number of aromatic carboxylic acids is 1. The van der Waals surface area contributed by atoms with E-state index in [1.54, 1.807) is 0 Å². The second-order valence-electron chi connectivity index (χ2n) is 7.50. The number of thiophene rings is 1. The lowest BCUT2D eigenvalue weighted by Gasteiger charge is -2.16. The summed E-state index contributed by atoms with van der Waals surface area (Å²) in [5.41, 5.74) is -3.71. The highest BCUT2D eigenvalue weighted by Gasteiger charge is 2.31. The number of benzene rings is 2. The third-order valence-corrected chi connectivity index (χ3v) is 6.28. The number of aromatic nitrogens is 2. The highest BCUT2D eigenvalue weighted by molar-refractivity contribution is 7.13. The quantitative estimate of drug-likeness (QED) is 0.337. The van der Waals surface area contributed by atoms with Crippen molar-refractivity contribution in [2.75, 3.05) is 14.2 Å². The Morgan fingerprint density at radius 2 is 1.78 bits per heavy atom. The van der Waals surface area contributed by atoms with Crippen molar-refractivity contribution in [3.8, 4) is 22.9 Å². The molecule has 0 spiro atoms. The molecule has 0 unspecified atom stereocenters. The number of hydrogen-bond acceptors (Lipinski definition) is 7. The number of methoxy groups -OCH3 is 2. The summed E-state index contributed by atoms with van der Waals surface area (Å²) in [5.74, 6) is -2.80. The van der Waals surface area contributed by atoms with Gasteiger partial charge in [-0.05, 0) is 18.2 Å². The fourth-order valence-electron chi connectivity index (χ4n) is 3.60. The van der Waals surface area contributed by atoms with Gasteiger partial charge in [0.25, 0.3) is 5.56 Å². The molecule has 14 heteroatoms. The number of alkyl halides is 3. The topological polar surface area (TPSA) is 120 Å². The fraction of sp³-hybridized carbons (Fsp3) is 0.174. The van der Waals surface area contributed by atoms with Gasteiger partial charge in [0.15, 0.2) is 17.3 Å². The molecular weight excluding hydrogens is 524 g/mol. The molecule has 0 radical (unpaired) electrons. The Bertz CT molecular complexity index is 1640. The Labute approximate surface area is 208 Å². The molecule has 0 bridgehead atoms. The van der Waals surface area contributed by atoms with Crippen LogP contribution in [0.15, 0.2) is 45.3 Å². The van der Waals surface area contributed by atoms with Crippen LogP contribution in [0.1, 0.15) is 20.8 Å². The van der Waals surface area contributed by atoms with E-state index in [-0.39, 0.29) is 38.6 Å². The first-order valence-electron chi connectivity index (χ1n) is 10.2. The first-order chi connectivity index (χ1) is 17.5. The van der Waals surface area contributed by atoms with Crippen LogP contribution < -0.4 is 25.5 Å². The van der Waals surface area contributed by atoms with Crippen LogP contribution in [0.2, 0.25) is 0 Å². The normalized spacial score (nSPS) is 11.5. The predicted molar refractivity (Wildman–Crippen MR) is 124 cm³/mol. The summed E-state index contributed by atoms with van der Waals surface area (Å²) in [6.45, 7) is -0.480. The summed E-state index contributed by atoms with van der Waals surface area (Å²) in [6.07, 6.45) is -4.63. The maximum absolute atomic E-state index is 15.0. The Morgan fingerprint density at radius 3 is 2.41 bits per heavy atom. The van der Waals surface area contributed by atoms with Gasteiger partial charge in [0.2, 0.25) is 0 Å². The van der Waals surface area contributed by atoms with E-state index in [0.29, 0.717) is 15.9 Å². The van der Waals surface area contributed by atoms with Crippen LogP contribution in [0.3, 0.4) is 0 Å². The van der Waals surface area contributed by atoms with E-state index in [4.69, 9.17) is 14.2 Å². The lowest BCUT2D eigenvalue weighted by atomic mass is 10.1. The van der Waals surface area contributed by atoms with Crippen LogP contribution in [0.25, 0.3) is 16.6 Å². The number of nitrogens with one attached hydrogen (secondary N) is 1. The molecule has 194 valence electrons. The first-order valence-corrected chi connectivity index (χ1v) is 11.1. The van der Waals surface area contributed by atoms with Gasteiger partial charge < -0.3 is 24.3 Å². The molecule has 0 aliphatic carbocycles. The number of H-pyrrole nitrogens is 1. The molecule has 0 saturated heterocycles. The molecule has 2 aromatic heterocycles. The van der Waals surface area contributed by atoms with E-state index in [9.17, 15) is 32.7 Å². The molecule has 9 nitrogen and oxygen atoms in total. The average Bonchev–Trinajstić information content (AvgIpc) is 3.27. The Balaban J connectivity index is 1.82. The number of nitrogens with zero attached hydrogens (tertiary/aromatic N) is 1. The molecule has 2 heterocycles. The molecule has 37 heavy (non-hydrogen) atoms. The molecule has 0 aliphatic rings. The van der Waals surface area contributed by atoms with Gasteiger partial charge in [-0.25, -0.2) is 18.5 Å². The van der Waals surface area contributed by atoms with Crippen LogP contribution in [0.4, 0.5) is 17.6 Å². The van der Waals surface area contributed by atoms with Crippen molar-refractivity contribution in [2.45, 2.75) is 12.8 Å². The van der Waals surface area contributed by atoms with Crippen molar-refractivity contribution in [3.05, 3.63) is 78.4 Å². The van der Waals surface area contributed by atoms with Gasteiger partial charge in [-0.15, -0.1) is 11.3 Å². The number of rotatable bonds is 7. The maximum atomic E-state index is 15.0. The largest absolute Gasteiger partial charge is 0.496 e. The minimum absolute atomic E-state index is 0.00561. The van der Waals surface area contributed by atoms with Crippen LogP contribution >= 0.6 is 11.3 Å². The second-order valence-corrected chi connectivity index (χ2v) is 8.38. The molecule has 0 aliphatic heterocycles. The Hall–Kier alpha value is -4.33. The third-order valence-electron chi connectivity index (χ3n) is 5.31. The minimum Gasteiger partial charge on any atom is -0.496 e. The lowest BCUT2D eigenvalue weighted by molar-refractivity contribution is -0.137. The molecule has 4 aromatic rings. The Kier molecular flexibility index (Phi) is 6.69. The summed E-state index contributed by atoms with van der Waals surface area (Å²) in [6, 6.07) is 4.54. The van der Waals surface area contributed by atoms with Gasteiger partial charge in [0.05, 0.1) is 36.4 Å². The van der Waals surface area contributed by atoms with Crippen LogP contribution in [0.5, 0.6) is 17.2 Å². The Morgan fingerprint density at radius 1 is 1.08 bits per heavy atom. The highest BCUT2D eigenvalue weighted by Crippen LogP contribution is 2.35. The van der Waals surface area contributed by atoms with E-state index in [1.165, 1.54) is 19.6 Å². The average molecular weight is 540 g/mol. The predicted octanol–water partition coefficient (Wildman–Crippen LogP) is 4.19. The number of fused-ring (bicyclic) bond motifs is 1. The van der Waals surface area contributed by atoms with Crippen LogP contribution in [-0.4, -0.2) is 34.8 Å². The maximum Gasteiger partial charge on any atom is 0.416 e. The molecule has 0 fully saturated rings. The number of hydrogen-bond donors (Lipinski definition) is 2. The summed E-state index contributed by atoms with van der Waals surface area (Å²) in [7, 11) is 2.44. The van der Waals surface area contributed by atoms with Gasteiger partial charge >= 0.3 is 17.8 Å². The first kappa shape index (κ1) is 25.8. The summed E-state index contributed by atoms with van der Waals surface area (Å²) < 4.78 is 70.7. The van der Waals surface area contributed by atoms with E-state index >= 15 is 4.39 Å². The van der Waals surface area contributed by atoms with Gasteiger partial charge in [-0.3, -0.25) is 4.79 Å². The number of carboxylic acid groups (broad SMARTS) is 1. The van der Waals surface area contributed by atoms with Crippen molar-refractivity contribution in [3.63, 3.8) is 0 Å². The van der Waals surface area contributed by atoms with E-state index in [2.05, 4.69) is 4.98 Å². The van der Waals surface area contributed by atoms with Gasteiger partial charge in [-0.1, -0.05) is 0 Å². The summed E-state index contributed by atoms with van der Waals surface area (Å²) in [4.78, 5) is 39.2.